The number of rotatable bonds is 8. The molecule has 0 N–H and O–H groups in total. The molecule has 0 saturated carbocycles. The van der Waals surface area contributed by atoms with Crippen molar-refractivity contribution in [3.05, 3.63) is 29.8 Å². The minimum Gasteiger partial charge on any atom is -0.497 e. The average molecular weight is 335 g/mol. The maximum Gasteiger partial charge on any atom is 0.192 e. The zero-order chi connectivity index (χ0) is 17.5. The van der Waals surface area contributed by atoms with E-state index in [2.05, 4.69) is 39.8 Å². The zero-order valence-corrected chi connectivity index (χ0v) is 16.3. The second kappa shape index (κ2) is 8.54. The topological polar surface area (TPSA) is 27.7 Å². The monoisotopic (exact) mass is 334 g/mol. The summed E-state index contributed by atoms with van der Waals surface area (Å²) < 4.78 is 17.3. The highest BCUT2D eigenvalue weighted by molar-refractivity contribution is 6.74. The summed E-state index contributed by atoms with van der Waals surface area (Å²) in [6.07, 6.45) is 6.02. The first kappa shape index (κ1) is 19.8. The van der Waals surface area contributed by atoms with Gasteiger partial charge in [-0.25, -0.2) is 0 Å². The van der Waals surface area contributed by atoms with E-state index in [1.807, 2.05) is 24.3 Å². The second-order valence-electron chi connectivity index (χ2n) is 7.27. The highest BCUT2D eigenvalue weighted by atomic mass is 28.4. The fraction of sp³-hybridized carbons (Fsp3) is 0.579. The Labute approximate surface area is 142 Å². The van der Waals surface area contributed by atoms with E-state index in [4.69, 9.17) is 20.3 Å². The van der Waals surface area contributed by atoms with E-state index in [0.29, 0.717) is 19.6 Å². The Kier molecular flexibility index (Phi) is 7.33. The molecular weight excluding hydrogens is 304 g/mol. The van der Waals surface area contributed by atoms with Crippen LogP contribution in [0.1, 0.15) is 32.8 Å². The molecule has 0 amide bonds. The lowest BCUT2D eigenvalue weighted by atomic mass is 10.2. The van der Waals surface area contributed by atoms with Crippen LogP contribution in [0.25, 0.3) is 0 Å². The van der Waals surface area contributed by atoms with E-state index in [1.165, 1.54) is 0 Å². The molecule has 1 rings (SSSR count). The molecule has 23 heavy (non-hydrogen) atoms. The Morgan fingerprint density at radius 2 is 1.78 bits per heavy atom. The molecule has 0 fully saturated rings. The van der Waals surface area contributed by atoms with Crippen LogP contribution in [-0.4, -0.2) is 28.1 Å². The third kappa shape index (κ3) is 6.38. The van der Waals surface area contributed by atoms with Crippen LogP contribution < -0.4 is 4.74 Å². The van der Waals surface area contributed by atoms with Crippen LogP contribution in [0.3, 0.4) is 0 Å². The third-order valence-electron chi connectivity index (χ3n) is 4.34. The maximum atomic E-state index is 6.37. The Hall–Kier alpha value is -1.28. The fourth-order valence-electron chi connectivity index (χ4n) is 1.89. The molecule has 0 aliphatic carbocycles. The molecule has 0 aliphatic heterocycles. The van der Waals surface area contributed by atoms with Gasteiger partial charge in [-0.05, 0) is 35.8 Å². The summed E-state index contributed by atoms with van der Waals surface area (Å²) in [5.74, 6) is 3.55. The number of ether oxygens (including phenoxy) is 2. The molecule has 128 valence electrons. The summed E-state index contributed by atoms with van der Waals surface area (Å²) in [5, 5.41) is 0.163. The van der Waals surface area contributed by atoms with Crippen LogP contribution in [0, 0.1) is 12.3 Å². The SMILES string of the molecule is C#CC[C@H](COCc1ccc(OC)cc1)O[Si](C)(C)C(C)(C)C. The highest BCUT2D eigenvalue weighted by Crippen LogP contribution is 2.37. The maximum absolute atomic E-state index is 6.37. The van der Waals surface area contributed by atoms with Gasteiger partial charge in [-0.3, -0.25) is 0 Å². The second-order valence-corrected chi connectivity index (χ2v) is 12.0. The largest absolute Gasteiger partial charge is 0.497 e. The zero-order valence-electron chi connectivity index (χ0n) is 15.3. The van der Waals surface area contributed by atoms with Gasteiger partial charge in [0.25, 0.3) is 0 Å². The number of benzene rings is 1. The first-order chi connectivity index (χ1) is 10.7. The molecule has 0 aromatic heterocycles. The van der Waals surface area contributed by atoms with Gasteiger partial charge in [-0.15, -0.1) is 12.3 Å². The fourth-order valence-corrected chi connectivity index (χ4v) is 3.23. The first-order valence-corrected chi connectivity index (χ1v) is 10.9. The molecule has 1 atom stereocenters. The molecule has 3 nitrogen and oxygen atoms in total. The number of hydrogen-bond acceptors (Lipinski definition) is 3. The van der Waals surface area contributed by atoms with Crippen LogP contribution >= 0.6 is 0 Å². The molecular formula is C19H30O3Si. The summed E-state index contributed by atoms with van der Waals surface area (Å²) in [6, 6.07) is 7.88. The van der Waals surface area contributed by atoms with E-state index in [9.17, 15) is 0 Å². The normalized spacial score (nSPS) is 13.4. The van der Waals surface area contributed by atoms with Crippen molar-refractivity contribution in [2.45, 2.75) is 58.0 Å². The van der Waals surface area contributed by atoms with Crippen LogP contribution in [0.4, 0.5) is 0 Å². The number of terminal acetylenes is 1. The summed E-state index contributed by atoms with van der Waals surface area (Å²) in [4.78, 5) is 0. The minimum absolute atomic E-state index is 0.0425. The number of hydrogen-bond donors (Lipinski definition) is 0. The van der Waals surface area contributed by atoms with Crippen molar-refractivity contribution in [3.63, 3.8) is 0 Å². The van der Waals surface area contributed by atoms with Gasteiger partial charge < -0.3 is 13.9 Å². The van der Waals surface area contributed by atoms with E-state index in [1.54, 1.807) is 7.11 Å². The third-order valence-corrected chi connectivity index (χ3v) is 8.88. The van der Waals surface area contributed by atoms with Crippen LogP contribution in [-0.2, 0) is 15.8 Å². The minimum atomic E-state index is -1.84. The van der Waals surface area contributed by atoms with Gasteiger partial charge in [0.05, 0.1) is 26.4 Å². The number of methoxy groups -OCH3 is 1. The molecule has 1 aromatic rings. The predicted octanol–water partition coefficient (Wildman–Crippen LogP) is 4.63. The smallest absolute Gasteiger partial charge is 0.192 e. The molecule has 0 spiro atoms. The first-order valence-electron chi connectivity index (χ1n) is 8.01. The lowest BCUT2D eigenvalue weighted by Crippen LogP contribution is -2.45. The summed E-state index contributed by atoms with van der Waals surface area (Å²) in [6.45, 7) is 12.2. The van der Waals surface area contributed by atoms with Crippen molar-refractivity contribution in [1.82, 2.24) is 0 Å². The van der Waals surface area contributed by atoms with Crippen molar-refractivity contribution in [2.75, 3.05) is 13.7 Å². The van der Waals surface area contributed by atoms with Gasteiger partial charge in [-0.2, -0.15) is 0 Å². The molecule has 4 heteroatoms. The van der Waals surface area contributed by atoms with Crippen molar-refractivity contribution < 1.29 is 13.9 Å². The van der Waals surface area contributed by atoms with Crippen LogP contribution in [0.5, 0.6) is 5.75 Å². The van der Waals surface area contributed by atoms with Gasteiger partial charge in [-0.1, -0.05) is 32.9 Å². The Bertz CT molecular complexity index is 509. The van der Waals surface area contributed by atoms with Gasteiger partial charge in [0.2, 0.25) is 0 Å². The van der Waals surface area contributed by atoms with E-state index in [0.717, 1.165) is 11.3 Å². The van der Waals surface area contributed by atoms with Crippen molar-refractivity contribution in [1.29, 1.82) is 0 Å². The standard InChI is InChI=1S/C19H30O3Si/c1-8-9-18(22-23(6,7)19(2,3)4)15-21-14-16-10-12-17(20-5)13-11-16/h1,10-13,18H,9,14-15H2,2-7H3/t18-/m1/s1. The Morgan fingerprint density at radius 3 is 2.26 bits per heavy atom. The quantitative estimate of drug-likeness (QED) is 0.512. The van der Waals surface area contributed by atoms with Gasteiger partial charge in [0.1, 0.15) is 5.75 Å². The average Bonchev–Trinajstić information content (AvgIpc) is 2.46. The molecule has 0 radical (unpaired) electrons. The molecule has 1 aromatic carbocycles. The van der Waals surface area contributed by atoms with E-state index < -0.39 is 8.32 Å². The Morgan fingerprint density at radius 1 is 1.17 bits per heavy atom. The lowest BCUT2D eigenvalue weighted by Gasteiger charge is -2.38. The lowest BCUT2D eigenvalue weighted by molar-refractivity contribution is 0.0368. The summed E-state index contributed by atoms with van der Waals surface area (Å²) >= 11 is 0. The van der Waals surface area contributed by atoms with E-state index in [-0.39, 0.29) is 11.1 Å². The molecule has 0 heterocycles. The van der Waals surface area contributed by atoms with Crippen LogP contribution in [0.15, 0.2) is 24.3 Å². The van der Waals surface area contributed by atoms with Crippen molar-refractivity contribution in [2.24, 2.45) is 0 Å². The van der Waals surface area contributed by atoms with Crippen molar-refractivity contribution in [3.8, 4) is 18.1 Å². The summed E-state index contributed by atoms with van der Waals surface area (Å²) in [5.41, 5.74) is 1.11. The van der Waals surface area contributed by atoms with Crippen molar-refractivity contribution >= 4 is 8.32 Å². The molecule has 0 unspecified atom stereocenters. The molecule has 0 bridgehead atoms. The molecule has 0 saturated heterocycles. The van der Waals surface area contributed by atoms with Crippen LogP contribution in [0.2, 0.25) is 18.1 Å². The van der Waals surface area contributed by atoms with Gasteiger partial charge in [0, 0.05) is 6.42 Å². The predicted molar refractivity (Wildman–Crippen MR) is 98.2 cm³/mol. The van der Waals surface area contributed by atoms with Gasteiger partial charge >= 0.3 is 0 Å². The highest BCUT2D eigenvalue weighted by Gasteiger charge is 2.39. The Balaban J connectivity index is 2.54. The summed E-state index contributed by atoms with van der Waals surface area (Å²) in [7, 11) is -0.178. The van der Waals surface area contributed by atoms with Gasteiger partial charge in [0.15, 0.2) is 8.32 Å². The molecule has 0 aliphatic rings. The van der Waals surface area contributed by atoms with E-state index >= 15 is 0 Å².